The van der Waals surface area contributed by atoms with Crippen molar-refractivity contribution in [3.8, 4) is 0 Å². The molecule has 1 aliphatic rings. The lowest BCUT2D eigenvalue weighted by atomic mass is 10.0. The highest BCUT2D eigenvalue weighted by atomic mass is 16.3. The van der Waals surface area contributed by atoms with Gasteiger partial charge in [0.25, 0.3) is 0 Å². The first-order valence-electron chi connectivity index (χ1n) is 7.95. The van der Waals surface area contributed by atoms with Crippen molar-refractivity contribution in [2.75, 3.05) is 11.4 Å². The maximum absolute atomic E-state index is 12.8. The molecular formula is C19H18N2O2. The number of oxazole rings is 1. The van der Waals surface area contributed by atoms with Crippen LogP contribution < -0.4 is 4.90 Å². The molecule has 0 saturated carbocycles. The first kappa shape index (κ1) is 14.0. The van der Waals surface area contributed by atoms with Gasteiger partial charge in [-0.25, -0.2) is 4.98 Å². The number of benzene rings is 2. The van der Waals surface area contributed by atoms with Gasteiger partial charge in [0.15, 0.2) is 11.5 Å². The molecule has 2 aromatic carbocycles. The molecule has 116 valence electrons. The van der Waals surface area contributed by atoms with Gasteiger partial charge >= 0.3 is 0 Å². The number of anilines is 1. The van der Waals surface area contributed by atoms with Crippen molar-refractivity contribution < 1.29 is 9.21 Å². The van der Waals surface area contributed by atoms with Gasteiger partial charge in [-0.2, -0.15) is 0 Å². The topological polar surface area (TPSA) is 46.3 Å². The molecule has 4 rings (SSSR count). The Kier molecular flexibility index (Phi) is 3.37. The van der Waals surface area contributed by atoms with Crippen LogP contribution in [0.1, 0.15) is 23.4 Å². The summed E-state index contributed by atoms with van der Waals surface area (Å²) in [7, 11) is 0. The molecule has 0 spiro atoms. The van der Waals surface area contributed by atoms with E-state index in [0.717, 1.165) is 41.7 Å². The fourth-order valence-corrected chi connectivity index (χ4v) is 3.26. The molecule has 4 nitrogen and oxygen atoms in total. The molecule has 0 aliphatic carbocycles. The lowest BCUT2D eigenvalue weighted by Gasteiger charge is -2.29. The molecule has 0 unspecified atom stereocenters. The summed E-state index contributed by atoms with van der Waals surface area (Å²) in [4.78, 5) is 19.0. The number of hydrogen-bond acceptors (Lipinski definition) is 3. The van der Waals surface area contributed by atoms with E-state index in [2.05, 4.69) is 11.1 Å². The summed E-state index contributed by atoms with van der Waals surface area (Å²) in [5, 5.41) is 0. The zero-order valence-corrected chi connectivity index (χ0v) is 13.1. The van der Waals surface area contributed by atoms with Crippen molar-refractivity contribution in [3.05, 3.63) is 59.5 Å². The Morgan fingerprint density at radius 3 is 3.04 bits per heavy atom. The van der Waals surface area contributed by atoms with Crippen molar-refractivity contribution in [1.29, 1.82) is 0 Å². The smallest absolute Gasteiger partial charge is 0.231 e. The maximum atomic E-state index is 12.8. The van der Waals surface area contributed by atoms with Crippen molar-refractivity contribution in [1.82, 2.24) is 4.98 Å². The SMILES string of the molecule is Cc1nc2ccc(CC(=O)N3CCCc4ccccc43)cc2o1. The standard InChI is InChI=1S/C19H18N2O2/c1-13-20-16-9-8-14(11-18(16)23-13)12-19(22)21-10-4-6-15-5-2-3-7-17(15)21/h2-3,5,7-9,11H,4,6,10,12H2,1H3. The number of para-hydroxylation sites is 1. The quantitative estimate of drug-likeness (QED) is 0.726. The van der Waals surface area contributed by atoms with E-state index in [-0.39, 0.29) is 5.91 Å². The summed E-state index contributed by atoms with van der Waals surface area (Å²) in [6.07, 6.45) is 2.44. The second-order valence-electron chi connectivity index (χ2n) is 5.99. The van der Waals surface area contributed by atoms with Gasteiger partial charge in [-0.05, 0) is 42.2 Å². The van der Waals surface area contributed by atoms with Crippen molar-refractivity contribution >= 4 is 22.7 Å². The number of nitrogens with zero attached hydrogens (tertiary/aromatic N) is 2. The highest BCUT2D eigenvalue weighted by Crippen LogP contribution is 2.27. The highest BCUT2D eigenvalue weighted by molar-refractivity contribution is 5.96. The second-order valence-corrected chi connectivity index (χ2v) is 5.99. The number of rotatable bonds is 2. The van der Waals surface area contributed by atoms with E-state index in [4.69, 9.17) is 4.42 Å². The van der Waals surface area contributed by atoms with Gasteiger partial charge in [0.05, 0.1) is 6.42 Å². The third-order valence-electron chi connectivity index (χ3n) is 4.33. The van der Waals surface area contributed by atoms with Gasteiger partial charge in [0, 0.05) is 19.2 Å². The summed E-state index contributed by atoms with van der Waals surface area (Å²) < 4.78 is 5.56. The Balaban J connectivity index is 1.60. The van der Waals surface area contributed by atoms with Gasteiger partial charge in [-0.1, -0.05) is 24.3 Å². The van der Waals surface area contributed by atoms with Crippen LogP contribution in [0, 0.1) is 6.92 Å². The molecule has 0 bridgehead atoms. The van der Waals surface area contributed by atoms with E-state index in [0.29, 0.717) is 12.3 Å². The van der Waals surface area contributed by atoms with Gasteiger partial charge < -0.3 is 9.32 Å². The molecule has 0 radical (unpaired) electrons. The Morgan fingerprint density at radius 2 is 2.13 bits per heavy atom. The van der Waals surface area contributed by atoms with Gasteiger partial charge in [0.2, 0.25) is 5.91 Å². The van der Waals surface area contributed by atoms with Crippen LogP contribution in [0.3, 0.4) is 0 Å². The molecule has 1 aromatic heterocycles. The first-order valence-corrected chi connectivity index (χ1v) is 7.95. The molecule has 0 N–H and O–H groups in total. The molecule has 0 atom stereocenters. The number of hydrogen-bond donors (Lipinski definition) is 0. The van der Waals surface area contributed by atoms with Crippen LogP contribution in [-0.2, 0) is 17.6 Å². The molecule has 23 heavy (non-hydrogen) atoms. The molecule has 2 heterocycles. The number of amides is 1. The molecule has 1 aliphatic heterocycles. The zero-order valence-electron chi connectivity index (χ0n) is 13.1. The van der Waals surface area contributed by atoms with Crippen molar-refractivity contribution in [3.63, 3.8) is 0 Å². The molecular weight excluding hydrogens is 288 g/mol. The molecule has 1 amide bonds. The third kappa shape index (κ3) is 2.61. The minimum Gasteiger partial charge on any atom is -0.441 e. The minimum absolute atomic E-state index is 0.132. The summed E-state index contributed by atoms with van der Waals surface area (Å²) in [5.74, 6) is 0.779. The Morgan fingerprint density at radius 1 is 1.26 bits per heavy atom. The number of carbonyl (C=O) groups excluding carboxylic acids is 1. The molecule has 3 aromatic rings. The van der Waals surface area contributed by atoms with Crippen LogP contribution in [0.15, 0.2) is 46.9 Å². The summed E-state index contributed by atoms with van der Waals surface area (Å²) in [6.45, 7) is 2.62. The number of fused-ring (bicyclic) bond motifs is 2. The zero-order chi connectivity index (χ0) is 15.8. The fourth-order valence-electron chi connectivity index (χ4n) is 3.26. The van der Waals surface area contributed by atoms with Crippen LogP contribution in [0.25, 0.3) is 11.1 Å². The van der Waals surface area contributed by atoms with E-state index in [1.165, 1.54) is 5.56 Å². The van der Waals surface area contributed by atoms with Crippen LogP contribution in [0.4, 0.5) is 5.69 Å². The summed E-state index contributed by atoms with van der Waals surface area (Å²) >= 11 is 0. The maximum Gasteiger partial charge on any atom is 0.231 e. The van der Waals surface area contributed by atoms with Gasteiger partial charge in [-0.15, -0.1) is 0 Å². The van der Waals surface area contributed by atoms with Gasteiger partial charge in [0.1, 0.15) is 5.52 Å². The van der Waals surface area contributed by atoms with Crippen molar-refractivity contribution in [2.24, 2.45) is 0 Å². The van der Waals surface area contributed by atoms with E-state index >= 15 is 0 Å². The van der Waals surface area contributed by atoms with E-state index < -0.39 is 0 Å². The van der Waals surface area contributed by atoms with Crippen LogP contribution in [0.5, 0.6) is 0 Å². The lowest BCUT2D eigenvalue weighted by Crippen LogP contribution is -2.36. The van der Waals surface area contributed by atoms with Crippen molar-refractivity contribution in [2.45, 2.75) is 26.2 Å². The Bertz CT molecular complexity index is 882. The summed E-state index contributed by atoms with van der Waals surface area (Å²) in [5.41, 5.74) is 4.85. The van der Waals surface area contributed by atoms with Gasteiger partial charge in [-0.3, -0.25) is 4.79 Å². The first-order chi connectivity index (χ1) is 11.2. The Hall–Kier alpha value is -2.62. The van der Waals surface area contributed by atoms with E-state index in [9.17, 15) is 4.79 Å². The normalized spacial score (nSPS) is 14.0. The number of carbonyl (C=O) groups is 1. The van der Waals surface area contributed by atoms with Crippen LogP contribution in [0.2, 0.25) is 0 Å². The fraction of sp³-hybridized carbons (Fsp3) is 0.263. The minimum atomic E-state index is 0.132. The van der Waals surface area contributed by atoms with E-state index in [1.807, 2.05) is 48.2 Å². The molecule has 0 saturated heterocycles. The number of aromatic nitrogens is 1. The van der Waals surface area contributed by atoms with Crippen LogP contribution in [-0.4, -0.2) is 17.4 Å². The lowest BCUT2D eigenvalue weighted by molar-refractivity contribution is -0.118. The molecule has 0 fully saturated rings. The monoisotopic (exact) mass is 306 g/mol. The highest BCUT2D eigenvalue weighted by Gasteiger charge is 2.22. The number of aryl methyl sites for hydroxylation is 2. The Labute approximate surface area is 134 Å². The van der Waals surface area contributed by atoms with E-state index in [1.54, 1.807) is 0 Å². The summed E-state index contributed by atoms with van der Waals surface area (Å²) in [6, 6.07) is 14.0. The average molecular weight is 306 g/mol. The third-order valence-corrected chi connectivity index (χ3v) is 4.33. The molecule has 4 heteroatoms. The average Bonchev–Trinajstić information content (AvgIpc) is 2.93. The predicted molar refractivity (Wildman–Crippen MR) is 89.6 cm³/mol. The second kappa shape index (κ2) is 5.54. The largest absolute Gasteiger partial charge is 0.441 e. The predicted octanol–water partition coefficient (Wildman–Crippen LogP) is 3.66. The van der Waals surface area contributed by atoms with Crippen LogP contribution >= 0.6 is 0 Å².